The highest BCUT2D eigenvalue weighted by Crippen LogP contribution is 2.38. The Bertz CT molecular complexity index is 603. The summed E-state index contributed by atoms with van der Waals surface area (Å²) in [6, 6.07) is 0. The standard InChI is InChI=1S/C13H14ClN3OS2/c1-13(12-15-6-10(14)20-12)2-4-17(5-3-13)11(18)9-7-19-8-16-9/h6-8H,2-5H2,1H3. The molecule has 4 nitrogen and oxygen atoms in total. The minimum Gasteiger partial charge on any atom is -0.337 e. The van der Waals surface area contributed by atoms with Gasteiger partial charge in [-0.25, -0.2) is 9.97 Å². The van der Waals surface area contributed by atoms with Gasteiger partial charge in [0.05, 0.1) is 11.7 Å². The zero-order valence-corrected chi connectivity index (χ0v) is 13.4. The number of carbonyl (C=O) groups is 1. The minimum absolute atomic E-state index is 0.0245. The second-order valence-electron chi connectivity index (χ2n) is 5.20. The van der Waals surface area contributed by atoms with Crippen LogP contribution in [0.5, 0.6) is 0 Å². The molecule has 1 amide bonds. The smallest absolute Gasteiger partial charge is 0.273 e. The zero-order chi connectivity index (χ0) is 14.2. The molecule has 0 radical (unpaired) electrons. The summed E-state index contributed by atoms with van der Waals surface area (Å²) in [6.07, 6.45) is 3.53. The fraction of sp³-hybridized carbons (Fsp3) is 0.462. The van der Waals surface area contributed by atoms with E-state index in [0.29, 0.717) is 5.69 Å². The third-order valence-corrected chi connectivity index (χ3v) is 5.81. The van der Waals surface area contributed by atoms with E-state index in [0.717, 1.165) is 35.3 Å². The third kappa shape index (κ3) is 2.60. The van der Waals surface area contributed by atoms with Crippen LogP contribution in [0.1, 0.15) is 35.3 Å². The first-order valence-corrected chi connectivity index (χ1v) is 8.51. The first-order chi connectivity index (χ1) is 9.58. The van der Waals surface area contributed by atoms with Gasteiger partial charge < -0.3 is 4.90 Å². The van der Waals surface area contributed by atoms with Crippen molar-refractivity contribution < 1.29 is 4.79 Å². The molecule has 0 saturated carbocycles. The molecule has 0 aliphatic carbocycles. The van der Waals surface area contributed by atoms with E-state index in [9.17, 15) is 4.79 Å². The van der Waals surface area contributed by atoms with Crippen molar-refractivity contribution in [1.29, 1.82) is 0 Å². The first-order valence-electron chi connectivity index (χ1n) is 6.38. The number of hydrogen-bond donors (Lipinski definition) is 0. The van der Waals surface area contributed by atoms with Gasteiger partial charge in [0.25, 0.3) is 5.91 Å². The number of amides is 1. The summed E-state index contributed by atoms with van der Waals surface area (Å²) in [4.78, 5) is 22.6. The van der Waals surface area contributed by atoms with E-state index >= 15 is 0 Å². The van der Waals surface area contributed by atoms with Gasteiger partial charge >= 0.3 is 0 Å². The highest BCUT2D eigenvalue weighted by atomic mass is 35.5. The van der Waals surface area contributed by atoms with Crippen LogP contribution in [0.15, 0.2) is 17.1 Å². The number of thiazole rings is 2. The maximum absolute atomic E-state index is 12.2. The normalized spacial score (nSPS) is 18.2. The van der Waals surface area contributed by atoms with Gasteiger partial charge in [0.1, 0.15) is 15.0 Å². The maximum atomic E-state index is 12.2. The van der Waals surface area contributed by atoms with Crippen molar-refractivity contribution >= 4 is 40.2 Å². The van der Waals surface area contributed by atoms with Gasteiger partial charge in [0, 0.05) is 23.9 Å². The lowest BCUT2D eigenvalue weighted by Gasteiger charge is -2.37. The van der Waals surface area contributed by atoms with E-state index in [1.54, 1.807) is 28.4 Å². The fourth-order valence-corrected chi connectivity index (χ4v) is 4.07. The predicted molar refractivity (Wildman–Crippen MR) is 81.7 cm³/mol. The molecule has 3 rings (SSSR count). The maximum Gasteiger partial charge on any atom is 0.273 e. The second kappa shape index (κ2) is 5.42. The van der Waals surface area contributed by atoms with Gasteiger partial charge in [-0.2, -0.15) is 0 Å². The van der Waals surface area contributed by atoms with Crippen LogP contribution in [0.4, 0.5) is 0 Å². The van der Waals surface area contributed by atoms with Crippen LogP contribution in [0.2, 0.25) is 4.34 Å². The van der Waals surface area contributed by atoms with E-state index in [2.05, 4.69) is 16.9 Å². The molecule has 0 unspecified atom stereocenters. The fourth-order valence-electron chi connectivity index (χ4n) is 2.43. The van der Waals surface area contributed by atoms with Crippen LogP contribution in [-0.4, -0.2) is 33.9 Å². The van der Waals surface area contributed by atoms with E-state index in [1.807, 2.05) is 4.90 Å². The molecule has 20 heavy (non-hydrogen) atoms. The van der Waals surface area contributed by atoms with Gasteiger partial charge in [0.15, 0.2) is 0 Å². The molecule has 3 heterocycles. The van der Waals surface area contributed by atoms with Crippen molar-refractivity contribution in [3.8, 4) is 0 Å². The lowest BCUT2D eigenvalue weighted by atomic mass is 9.81. The molecular weight excluding hydrogens is 314 g/mol. The second-order valence-corrected chi connectivity index (χ2v) is 7.58. The van der Waals surface area contributed by atoms with Gasteiger partial charge in [-0.15, -0.1) is 22.7 Å². The predicted octanol–water partition coefficient (Wildman–Crippen LogP) is 3.45. The van der Waals surface area contributed by atoms with Crippen LogP contribution < -0.4 is 0 Å². The number of hydrogen-bond acceptors (Lipinski definition) is 5. The first kappa shape index (κ1) is 14.0. The van der Waals surface area contributed by atoms with Gasteiger partial charge in [0.2, 0.25) is 0 Å². The summed E-state index contributed by atoms with van der Waals surface area (Å²) < 4.78 is 0.724. The van der Waals surface area contributed by atoms with Crippen LogP contribution in [0.25, 0.3) is 0 Å². The number of carbonyl (C=O) groups excluding carboxylic acids is 1. The van der Waals surface area contributed by atoms with E-state index in [1.165, 1.54) is 11.3 Å². The molecule has 1 saturated heterocycles. The van der Waals surface area contributed by atoms with E-state index in [4.69, 9.17) is 11.6 Å². The van der Waals surface area contributed by atoms with Crippen LogP contribution >= 0.6 is 34.3 Å². The largest absolute Gasteiger partial charge is 0.337 e. The average molecular weight is 328 g/mol. The Morgan fingerprint density at radius 3 is 2.70 bits per heavy atom. The van der Waals surface area contributed by atoms with Crippen molar-refractivity contribution in [3.63, 3.8) is 0 Å². The molecule has 0 bridgehead atoms. The number of nitrogens with zero attached hydrogens (tertiary/aromatic N) is 3. The Hall–Kier alpha value is -0.980. The lowest BCUT2D eigenvalue weighted by Crippen LogP contribution is -2.44. The van der Waals surface area contributed by atoms with Crippen molar-refractivity contribution in [3.05, 3.63) is 32.1 Å². The molecule has 0 aromatic carbocycles. The summed E-state index contributed by atoms with van der Waals surface area (Å²) in [5.41, 5.74) is 2.27. The Morgan fingerprint density at radius 1 is 1.40 bits per heavy atom. The number of halogens is 1. The average Bonchev–Trinajstić information content (AvgIpc) is 3.10. The molecule has 106 valence electrons. The molecule has 0 atom stereocenters. The van der Waals surface area contributed by atoms with Crippen LogP contribution in [0.3, 0.4) is 0 Å². The van der Waals surface area contributed by atoms with Crippen LogP contribution in [-0.2, 0) is 5.41 Å². The lowest BCUT2D eigenvalue weighted by molar-refractivity contribution is 0.0671. The molecule has 1 aliphatic rings. The Balaban J connectivity index is 1.69. The Labute approximate surface area is 130 Å². The molecule has 0 N–H and O–H groups in total. The molecular formula is C13H14ClN3OS2. The van der Waals surface area contributed by atoms with Crippen molar-refractivity contribution in [2.24, 2.45) is 0 Å². The van der Waals surface area contributed by atoms with Crippen LogP contribution in [0, 0.1) is 0 Å². The molecule has 0 spiro atoms. The summed E-state index contributed by atoms with van der Waals surface area (Å²) in [6.45, 7) is 3.68. The minimum atomic E-state index is 0.0245. The van der Waals surface area contributed by atoms with Gasteiger partial charge in [-0.1, -0.05) is 18.5 Å². The summed E-state index contributed by atoms with van der Waals surface area (Å²) in [5, 5.41) is 2.87. The summed E-state index contributed by atoms with van der Waals surface area (Å²) in [5.74, 6) is 0.0328. The molecule has 1 aliphatic heterocycles. The monoisotopic (exact) mass is 327 g/mol. The molecule has 2 aromatic rings. The number of aromatic nitrogens is 2. The number of likely N-dealkylation sites (tertiary alicyclic amines) is 1. The van der Waals surface area contributed by atoms with Gasteiger partial charge in [-0.3, -0.25) is 4.79 Å². The number of piperidine rings is 1. The number of rotatable bonds is 2. The molecule has 1 fully saturated rings. The Kier molecular flexibility index (Phi) is 3.79. The van der Waals surface area contributed by atoms with Crippen molar-refractivity contribution in [2.45, 2.75) is 25.2 Å². The van der Waals surface area contributed by atoms with Crippen molar-refractivity contribution in [1.82, 2.24) is 14.9 Å². The highest BCUT2D eigenvalue weighted by molar-refractivity contribution is 7.15. The zero-order valence-electron chi connectivity index (χ0n) is 11.0. The topological polar surface area (TPSA) is 46.1 Å². The third-order valence-electron chi connectivity index (χ3n) is 3.80. The quantitative estimate of drug-likeness (QED) is 0.848. The van der Waals surface area contributed by atoms with Crippen molar-refractivity contribution in [2.75, 3.05) is 13.1 Å². The summed E-state index contributed by atoms with van der Waals surface area (Å²) >= 11 is 8.96. The SMILES string of the molecule is CC1(c2ncc(Cl)s2)CCN(C(=O)c2cscn2)CC1. The molecule has 7 heteroatoms. The van der Waals surface area contributed by atoms with E-state index < -0.39 is 0 Å². The van der Waals surface area contributed by atoms with E-state index in [-0.39, 0.29) is 11.3 Å². The summed E-state index contributed by atoms with van der Waals surface area (Å²) in [7, 11) is 0. The highest BCUT2D eigenvalue weighted by Gasteiger charge is 2.36. The molecule has 2 aromatic heterocycles. The van der Waals surface area contributed by atoms with Gasteiger partial charge in [-0.05, 0) is 12.8 Å². The Morgan fingerprint density at radius 2 is 2.15 bits per heavy atom.